The number of aromatic nitrogens is 1. The zero-order chi connectivity index (χ0) is 15.7. The number of carbonyl (C=O) groups is 1. The Bertz CT molecular complexity index is 665. The van der Waals surface area contributed by atoms with Crippen molar-refractivity contribution >= 4 is 17.2 Å². The highest BCUT2D eigenvalue weighted by molar-refractivity contribution is 7.17. The number of hydrogen-bond donors (Lipinski definition) is 1. The van der Waals surface area contributed by atoms with Crippen molar-refractivity contribution < 1.29 is 9.90 Å². The molecule has 0 aliphatic heterocycles. The van der Waals surface area contributed by atoms with Crippen LogP contribution in [0.5, 0.6) is 0 Å². The molecule has 3 rings (SSSR count). The molecule has 0 radical (unpaired) electrons. The molecule has 1 atom stereocenters. The van der Waals surface area contributed by atoms with Crippen LogP contribution >= 0.6 is 11.3 Å². The van der Waals surface area contributed by atoms with Gasteiger partial charge in [0.2, 0.25) is 0 Å². The molecule has 1 unspecified atom stereocenters. The molecule has 4 nitrogen and oxygen atoms in total. The van der Waals surface area contributed by atoms with Gasteiger partial charge >= 0.3 is 0 Å². The van der Waals surface area contributed by atoms with Crippen LogP contribution in [0, 0.1) is 12.8 Å². The first-order valence-electron chi connectivity index (χ1n) is 7.52. The SMILES string of the molecule is Cc1nc(-c2ccccc2)sc1C(=O)N(C)CC(O)C1CC1. The maximum Gasteiger partial charge on any atom is 0.265 e. The topological polar surface area (TPSA) is 53.4 Å². The highest BCUT2D eigenvalue weighted by Crippen LogP contribution is 2.33. The molecule has 1 fully saturated rings. The van der Waals surface area contributed by atoms with Gasteiger partial charge in [0.25, 0.3) is 5.91 Å². The lowest BCUT2D eigenvalue weighted by Gasteiger charge is -2.20. The van der Waals surface area contributed by atoms with Crippen LogP contribution < -0.4 is 0 Å². The number of rotatable bonds is 5. The Hall–Kier alpha value is -1.72. The number of thiazole rings is 1. The third-order valence-corrected chi connectivity index (χ3v) is 5.18. The number of likely N-dealkylation sites (N-methyl/N-ethyl adjacent to an activating group) is 1. The van der Waals surface area contributed by atoms with Gasteiger partial charge < -0.3 is 10.0 Å². The smallest absolute Gasteiger partial charge is 0.265 e. The molecule has 1 aromatic heterocycles. The first-order chi connectivity index (χ1) is 10.6. The fourth-order valence-electron chi connectivity index (χ4n) is 2.47. The number of aryl methyl sites for hydroxylation is 1. The van der Waals surface area contributed by atoms with Gasteiger partial charge in [-0.15, -0.1) is 11.3 Å². The standard InChI is InChI=1S/C17H20N2O2S/c1-11-15(17(21)19(2)10-14(20)12-8-9-12)22-16(18-11)13-6-4-3-5-7-13/h3-7,12,14,20H,8-10H2,1-2H3. The number of hydrogen-bond acceptors (Lipinski definition) is 4. The molecule has 0 spiro atoms. The van der Waals surface area contributed by atoms with Gasteiger partial charge in [-0.25, -0.2) is 4.98 Å². The van der Waals surface area contributed by atoms with Crippen LogP contribution in [0.15, 0.2) is 30.3 Å². The Labute approximate surface area is 134 Å². The van der Waals surface area contributed by atoms with Gasteiger partial charge in [0.15, 0.2) is 0 Å². The molecule has 1 aromatic carbocycles. The second kappa shape index (κ2) is 6.18. The average Bonchev–Trinajstić information content (AvgIpc) is 3.30. The molecule has 0 bridgehead atoms. The first kappa shape index (κ1) is 15.2. The lowest BCUT2D eigenvalue weighted by Crippen LogP contribution is -2.35. The molecule has 1 saturated carbocycles. The number of nitrogens with zero attached hydrogens (tertiary/aromatic N) is 2. The predicted molar refractivity (Wildman–Crippen MR) is 88.0 cm³/mol. The summed E-state index contributed by atoms with van der Waals surface area (Å²) in [5, 5.41) is 10.9. The third-order valence-electron chi connectivity index (χ3n) is 3.99. The van der Waals surface area contributed by atoms with Crippen molar-refractivity contribution in [1.29, 1.82) is 0 Å². The molecule has 2 aromatic rings. The summed E-state index contributed by atoms with van der Waals surface area (Å²) in [4.78, 5) is 19.4. The van der Waals surface area contributed by atoms with Crippen LogP contribution in [0.1, 0.15) is 28.2 Å². The van der Waals surface area contributed by atoms with Gasteiger partial charge in [-0.05, 0) is 25.7 Å². The highest BCUT2D eigenvalue weighted by Gasteiger charge is 2.31. The summed E-state index contributed by atoms with van der Waals surface area (Å²) in [6.07, 6.45) is 1.73. The summed E-state index contributed by atoms with van der Waals surface area (Å²) in [6.45, 7) is 2.25. The molecule has 5 heteroatoms. The van der Waals surface area contributed by atoms with Crippen molar-refractivity contribution in [3.63, 3.8) is 0 Å². The monoisotopic (exact) mass is 316 g/mol. The van der Waals surface area contributed by atoms with E-state index in [0.717, 1.165) is 29.1 Å². The Morgan fingerprint density at radius 1 is 1.41 bits per heavy atom. The summed E-state index contributed by atoms with van der Waals surface area (Å²) in [7, 11) is 1.75. The predicted octanol–water partition coefficient (Wildman–Crippen LogP) is 2.96. The largest absolute Gasteiger partial charge is 0.391 e. The first-order valence-corrected chi connectivity index (χ1v) is 8.34. The van der Waals surface area contributed by atoms with Gasteiger partial charge in [0.1, 0.15) is 9.88 Å². The molecule has 22 heavy (non-hydrogen) atoms. The van der Waals surface area contributed by atoms with Crippen LogP contribution in [-0.4, -0.2) is 40.6 Å². The van der Waals surface area contributed by atoms with E-state index in [1.54, 1.807) is 11.9 Å². The lowest BCUT2D eigenvalue weighted by atomic mass is 10.2. The normalized spacial score (nSPS) is 15.6. The summed E-state index contributed by atoms with van der Waals surface area (Å²) in [6, 6.07) is 9.88. The number of aliphatic hydroxyl groups is 1. The second-order valence-electron chi connectivity index (χ2n) is 5.89. The zero-order valence-electron chi connectivity index (χ0n) is 12.8. The van der Waals surface area contributed by atoms with Gasteiger partial charge in [-0.2, -0.15) is 0 Å². The minimum atomic E-state index is -0.407. The summed E-state index contributed by atoms with van der Waals surface area (Å²) < 4.78 is 0. The van der Waals surface area contributed by atoms with Gasteiger partial charge in [0, 0.05) is 19.2 Å². The van der Waals surface area contributed by atoms with Crippen LogP contribution in [0.25, 0.3) is 10.6 Å². The molecular formula is C17H20N2O2S. The van der Waals surface area contributed by atoms with Crippen LogP contribution in [0.3, 0.4) is 0 Å². The van der Waals surface area contributed by atoms with Crippen molar-refractivity contribution in [2.24, 2.45) is 5.92 Å². The molecule has 1 heterocycles. The molecule has 1 aliphatic carbocycles. The van der Waals surface area contributed by atoms with Crippen molar-refractivity contribution in [2.45, 2.75) is 25.9 Å². The van der Waals surface area contributed by atoms with Crippen LogP contribution in [0.2, 0.25) is 0 Å². The van der Waals surface area contributed by atoms with E-state index in [0.29, 0.717) is 17.3 Å². The molecule has 0 saturated heterocycles. The third kappa shape index (κ3) is 3.20. The molecule has 1 amide bonds. The fourth-order valence-corrected chi connectivity index (χ4v) is 3.53. The minimum Gasteiger partial charge on any atom is -0.391 e. The van der Waals surface area contributed by atoms with Gasteiger partial charge in [-0.3, -0.25) is 4.79 Å². The molecule has 116 valence electrons. The van der Waals surface area contributed by atoms with Crippen molar-refractivity contribution in [3.8, 4) is 10.6 Å². The van der Waals surface area contributed by atoms with E-state index >= 15 is 0 Å². The van der Waals surface area contributed by atoms with E-state index in [4.69, 9.17) is 0 Å². The summed E-state index contributed by atoms with van der Waals surface area (Å²) in [5.74, 6) is 0.314. The number of aliphatic hydroxyl groups excluding tert-OH is 1. The van der Waals surface area contributed by atoms with E-state index in [9.17, 15) is 9.90 Å². The van der Waals surface area contributed by atoms with Crippen molar-refractivity contribution in [2.75, 3.05) is 13.6 Å². The number of amides is 1. The van der Waals surface area contributed by atoms with Gasteiger partial charge in [0.05, 0.1) is 11.8 Å². The summed E-state index contributed by atoms with van der Waals surface area (Å²) >= 11 is 1.42. The highest BCUT2D eigenvalue weighted by atomic mass is 32.1. The van der Waals surface area contributed by atoms with Crippen LogP contribution in [-0.2, 0) is 0 Å². The van der Waals surface area contributed by atoms with Gasteiger partial charge in [-0.1, -0.05) is 30.3 Å². The Kier molecular flexibility index (Phi) is 4.27. The van der Waals surface area contributed by atoms with E-state index in [1.807, 2.05) is 37.3 Å². The molecular weight excluding hydrogens is 296 g/mol. The quantitative estimate of drug-likeness (QED) is 0.922. The Balaban J connectivity index is 1.76. The average molecular weight is 316 g/mol. The van der Waals surface area contributed by atoms with Crippen molar-refractivity contribution in [3.05, 3.63) is 40.9 Å². The maximum atomic E-state index is 12.6. The Morgan fingerprint density at radius 2 is 2.09 bits per heavy atom. The molecule has 1 aliphatic rings. The van der Waals surface area contributed by atoms with E-state index in [-0.39, 0.29) is 5.91 Å². The minimum absolute atomic E-state index is 0.0584. The maximum absolute atomic E-state index is 12.6. The second-order valence-corrected chi connectivity index (χ2v) is 6.89. The Morgan fingerprint density at radius 3 is 2.73 bits per heavy atom. The van der Waals surface area contributed by atoms with E-state index in [1.165, 1.54) is 11.3 Å². The van der Waals surface area contributed by atoms with E-state index in [2.05, 4.69) is 4.98 Å². The number of benzene rings is 1. The fraction of sp³-hybridized carbons (Fsp3) is 0.412. The number of carbonyl (C=O) groups excluding carboxylic acids is 1. The van der Waals surface area contributed by atoms with Crippen LogP contribution in [0.4, 0.5) is 0 Å². The lowest BCUT2D eigenvalue weighted by molar-refractivity contribution is 0.0649. The zero-order valence-corrected chi connectivity index (χ0v) is 13.6. The summed E-state index contributed by atoms with van der Waals surface area (Å²) in [5.41, 5.74) is 1.77. The van der Waals surface area contributed by atoms with Crippen molar-refractivity contribution in [1.82, 2.24) is 9.88 Å². The van der Waals surface area contributed by atoms with E-state index < -0.39 is 6.10 Å². The molecule has 1 N–H and O–H groups in total.